The molecule has 6 heterocycles. The van der Waals surface area contributed by atoms with E-state index < -0.39 is 18.7 Å². The molecule has 0 aliphatic carbocycles. The smallest absolute Gasteiger partial charge is 0.241 e. The first-order chi connectivity index (χ1) is 13.7. The van der Waals surface area contributed by atoms with E-state index in [0.717, 1.165) is 28.0 Å². The number of benzene rings is 2. The van der Waals surface area contributed by atoms with Crippen molar-refractivity contribution in [1.82, 2.24) is 0 Å². The van der Waals surface area contributed by atoms with Gasteiger partial charge in [-0.2, -0.15) is 0 Å². The van der Waals surface area contributed by atoms with Crippen LogP contribution in [0.2, 0.25) is 0 Å². The summed E-state index contributed by atoms with van der Waals surface area (Å²) in [6, 6.07) is 12.1. The van der Waals surface area contributed by atoms with E-state index in [1.54, 1.807) is 0 Å². The second-order valence-corrected chi connectivity index (χ2v) is 7.22. The maximum atomic E-state index is 6.43. The molecule has 0 amide bonds. The van der Waals surface area contributed by atoms with E-state index in [4.69, 9.17) is 28.4 Å². The summed E-state index contributed by atoms with van der Waals surface area (Å²) < 4.78 is 35.4. The minimum atomic E-state index is -0.564. The van der Waals surface area contributed by atoms with Gasteiger partial charge in [-0.25, -0.2) is 0 Å². The van der Waals surface area contributed by atoms with Gasteiger partial charge in [0.05, 0.1) is 5.56 Å². The van der Waals surface area contributed by atoms with Crippen molar-refractivity contribution in [3.8, 4) is 22.6 Å². The molecule has 0 N–H and O–H groups in total. The van der Waals surface area contributed by atoms with Crippen LogP contribution < -0.4 is 9.47 Å². The minimum absolute atomic E-state index is 0.358. The summed E-state index contributed by atoms with van der Waals surface area (Å²) in [5.41, 5.74) is 3.99. The molecule has 2 aromatic rings. The Morgan fingerprint density at radius 3 is 2.04 bits per heavy atom. The van der Waals surface area contributed by atoms with E-state index in [2.05, 4.69) is 25.3 Å². The van der Waals surface area contributed by atoms with Crippen LogP contribution in [0.15, 0.2) is 61.1 Å². The second kappa shape index (κ2) is 5.77. The van der Waals surface area contributed by atoms with Crippen LogP contribution in [0.1, 0.15) is 23.3 Å². The van der Waals surface area contributed by atoms with Crippen LogP contribution >= 0.6 is 0 Å². The van der Waals surface area contributed by atoms with E-state index in [-0.39, 0.29) is 6.10 Å². The zero-order chi connectivity index (χ0) is 18.8. The molecule has 4 bridgehead atoms. The van der Waals surface area contributed by atoms with Crippen molar-refractivity contribution in [3.63, 3.8) is 0 Å². The van der Waals surface area contributed by atoms with E-state index in [1.807, 2.05) is 24.3 Å². The van der Waals surface area contributed by atoms with Crippen molar-refractivity contribution >= 4 is 0 Å². The van der Waals surface area contributed by atoms with Gasteiger partial charge >= 0.3 is 0 Å². The molecule has 6 aliphatic rings. The predicted molar refractivity (Wildman–Crippen MR) is 98.5 cm³/mol. The average Bonchev–Trinajstić information content (AvgIpc) is 3.29. The fourth-order valence-electron chi connectivity index (χ4n) is 4.01. The Kier molecular flexibility index (Phi) is 3.30. The van der Waals surface area contributed by atoms with Crippen LogP contribution in [-0.2, 0) is 18.9 Å². The first-order valence-corrected chi connectivity index (χ1v) is 9.20. The molecule has 2 fully saturated rings. The Bertz CT molecular complexity index is 995. The van der Waals surface area contributed by atoms with Gasteiger partial charge in [-0.05, 0) is 23.3 Å². The topological polar surface area (TPSA) is 55.4 Å². The lowest BCUT2D eigenvalue weighted by molar-refractivity contribution is -0.126. The molecule has 6 heteroatoms. The molecular formula is C22H18O6. The van der Waals surface area contributed by atoms with Gasteiger partial charge in [0.2, 0.25) is 12.6 Å². The number of ether oxygens (including phenoxy) is 6. The van der Waals surface area contributed by atoms with E-state index in [0.29, 0.717) is 30.5 Å². The zero-order valence-electron chi connectivity index (χ0n) is 15.1. The molecule has 142 valence electrons. The van der Waals surface area contributed by atoms with Crippen LogP contribution in [-0.4, -0.2) is 25.8 Å². The highest BCUT2D eigenvalue weighted by atomic mass is 16.7. The predicted octanol–water partition coefficient (Wildman–Crippen LogP) is 3.99. The van der Waals surface area contributed by atoms with Crippen molar-refractivity contribution in [2.45, 2.75) is 24.8 Å². The second-order valence-electron chi connectivity index (χ2n) is 7.22. The molecule has 4 atom stereocenters. The third-order valence-corrected chi connectivity index (χ3v) is 5.37. The molecule has 6 nitrogen and oxygen atoms in total. The quantitative estimate of drug-likeness (QED) is 0.788. The van der Waals surface area contributed by atoms with E-state index >= 15 is 0 Å². The Labute approximate surface area is 161 Å². The van der Waals surface area contributed by atoms with Gasteiger partial charge in [-0.3, -0.25) is 0 Å². The van der Waals surface area contributed by atoms with Crippen LogP contribution in [0, 0.1) is 0 Å². The Hall–Kier alpha value is -2.96. The summed E-state index contributed by atoms with van der Waals surface area (Å²) in [5, 5.41) is 0. The van der Waals surface area contributed by atoms with Crippen molar-refractivity contribution < 1.29 is 28.4 Å². The molecule has 0 radical (unpaired) electrons. The first-order valence-electron chi connectivity index (χ1n) is 9.20. The average molecular weight is 378 g/mol. The highest BCUT2D eigenvalue weighted by molar-refractivity contribution is 5.77. The van der Waals surface area contributed by atoms with Crippen molar-refractivity contribution in [2.75, 3.05) is 13.2 Å². The summed E-state index contributed by atoms with van der Waals surface area (Å²) >= 11 is 0. The van der Waals surface area contributed by atoms with E-state index in [9.17, 15) is 0 Å². The number of rotatable bonds is 2. The van der Waals surface area contributed by atoms with Crippen LogP contribution in [0.4, 0.5) is 0 Å². The molecule has 6 aliphatic heterocycles. The summed E-state index contributed by atoms with van der Waals surface area (Å²) in [6.07, 6.45) is -1.91. The molecule has 2 aromatic carbocycles. The van der Waals surface area contributed by atoms with Crippen molar-refractivity contribution in [2.24, 2.45) is 0 Å². The lowest BCUT2D eigenvalue weighted by atomic mass is 9.91. The van der Waals surface area contributed by atoms with Gasteiger partial charge in [-0.1, -0.05) is 37.4 Å². The maximum absolute atomic E-state index is 6.43. The highest BCUT2D eigenvalue weighted by Gasteiger charge is 2.46. The Morgan fingerprint density at radius 1 is 0.714 bits per heavy atom. The highest BCUT2D eigenvalue weighted by Crippen LogP contribution is 2.55. The number of hydrogen-bond donors (Lipinski definition) is 0. The van der Waals surface area contributed by atoms with E-state index in [1.165, 1.54) is 0 Å². The maximum Gasteiger partial charge on any atom is 0.241 e. The first kappa shape index (κ1) is 16.0. The largest absolute Gasteiger partial charge is 0.479 e. The molecule has 8 rings (SSSR count). The molecule has 28 heavy (non-hydrogen) atoms. The van der Waals surface area contributed by atoms with Gasteiger partial charge in [0, 0.05) is 5.56 Å². The molecule has 2 saturated heterocycles. The van der Waals surface area contributed by atoms with Crippen LogP contribution in [0.25, 0.3) is 11.1 Å². The molecule has 4 unspecified atom stereocenters. The van der Waals surface area contributed by atoms with Crippen molar-refractivity contribution in [3.05, 3.63) is 72.2 Å². The standard InChI is InChI=1S/C22H18O6/c1-11-9-23-21(25-11)18-14-5-3-13(4-6-14)15-7-8-16(27-18)17-19(15)28-20(17)22-24-10-12(2)26-22/h3-8,18,20-22H,1-2,9-10H2. The molecule has 0 spiro atoms. The normalized spacial score (nSPS) is 29.4. The van der Waals surface area contributed by atoms with Gasteiger partial charge < -0.3 is 28.4 Å². The summed E-state index contributed by atoms with van der Waals surface area (Å²) in [6.45, 7) is 8.39. The summed E-state index contributed by atoms with van der Waals surface area (Å²) in [4.78, 5) is 0. The fraction of sp³-hybridized carbons (Fsp3) is 0.273. The fourth-order valence-corrected chi connectivity index (χ4v) is 4.01. The third kappa shape index (κ3) is 2.28. The third-order valence-electron chi connectivity index (χ3n) is 5.37. The molecule has 0 saturated carbocycles. The lowest BCUT2D eigenvalue weighted by Crippen LogP contribution is -2.34. The van der Waals surface area contributed by atoms with Gasteiger partial charge in [-0.15, -0.1) is 0 Å². The lowest BCUT2D eigenvalue weighted by Gasteiger charge is -2.38. The van der Waals surface area contributed by atoms with Gasteiger partial charge in [0.1, 0.15) is 36.2 Å². The summed E-state index contributed by atoms with van der Waals surface area (Å²) in [5.74, 6) is 2.69. The molecule has 0 aromatic heterocycles. The Morgan fingerprint density at radius 2 is 1.39 bits per heavy atom. The zero-order valence-corrected chi connectivity index (χ0v) is 15.1. The van der Waals surface area contributed by atoms with Crippen LogP contribution in [0.5, 0.6) is 11.5 Å². The summed E-state index contributed by atoms with van der Waals surface area (Å²) in [7, 11) is 0. The Balaban J connectivity index is 1.45. The minimum Gasteiger partial charge on any atom is -0.479 e. The number of hydrogen-bond acceptors (Lipinski definition) is 6. The van der Waals surface area contributed by atoms with Crippen molar-refractivity contribution in [1.29, 1.82) is 0 Å². The van der Waals surface area contributed by atoms with Gasteiger partial charge in [0.15, 0.2) is 12.2 Å². The SMILES string of the molecule is C=C1COC(C2Oc3ccc(c4c3C(C3OCC(=C)O3)O4)-c3ccc2cc3)O1. The molecular weight excluding hydrogens is 360 g/mol. The van der Waals surface area contributed by atoms with Gasteiger partial charge in [0.25, 0.3) is 0 Å². The number of fused-ring (bicyclic) bond motifs is 1. The monoisotopic (exact) mass is 378 g/mol. The van der Waals surface area contributed by atoms with Crippen LogP contribution in [0.3, 0.4) is 0 Å².